The lowest BCUT2D eigenvalue weighted by molar-refractivity contribution is 0.123. The minimum absolute atomic E-state index is 0.164. The van der Waals surface area contributed by atoms with Gasteiger partial charge in [-0.25, -0.2) is 8.42 Å². The van der Waals surface area contributed by atoms with Gasteiger partial charge in [-0.1, -0.05) is 12.1 Å². The van der Waals surface area contributed by atoms with Gasteiger partial charge in [0.2, 0.25) is 0 Å². The first-order valence-corrected chi connectivity index (χ1v) is 10.1. The van der Waals surface area contributed by atoms with E-state index in [1.165, 1.54) is 19.2 Å². The molecule has 1 aliphatic heterocycles. The van der Waals surface area contributed by atoms with E-state index in [2.05, 4.69) is 25.6 Å². The van der Waals surface area contributed by atoms with E-state index in [1.54, 1.807) is 12.1 Å². The van der Waals surface area contributed by atoms with Gasteiger partial charge >= 0.3 is 0 Å². The molecule has 0 aromatic heterocycles. The lowest BCUT2D eigenvalue weighted by Gasteiger charge is -2.30. The zero-order valence-electron chi connectivity index (χ0n) is 13.7. The van der Waals surface area contributed by atoms with E-state index in [9.17, 15) is 8.42 Å². The monoisotopic (exact) mass is 426 g/mol. The number of hydrogen-bond donors (Lipinski definition) is 1. The van der Waals surface area contributed by atoms with Crippen molar-refractivity contribution in [2.24, 2.45) is 0 Å². The van der Waals surface area contributed by atoms with Crippen molar-refractivity contribution < 1.29 is 17.9 Å². The van der Waals surface area contributed by atoms with E-state index in [0.717, 1.165) is 18.8 Å². The predicted molar refractivity (Wildman–Crippen MR) is 101 cm³/mol. The third kappa shape index (κ3) is 4.08. The van der Waals surface area contributed by atoms with Crippen LogP contribution in [0.4, 0.5) is 11.4 Å². The molecule has 0 aliphatic carbocycles. The van der Waals surface area contributed by atoms with Gasteiger partial charge in [-0.2, -0.15) is 0 Å². The minimum atomic E-state index is -3.72. The number of benzene rings is 2. The Morgan fingerprint density at radius 2 is 1.88 bits per heavy atom. The summed E-state index contributed by atoms with van der Waals surface area (Å²) in [5, 5.41) is 0. The molecule has 25 heavy (non-hydrogen) atoms. The van der Waals surface area contributed by atoms with E-state index in [4.69, 9.17) is 9.47 Å². The quantitative estimate of drug-likeness (QED) is 0.795. The lowest BCUT2D eigenvalue weighted by Crippen LogP contribution is -2.36. The molecule has 1 heterocycles. The summed E-state index contributed by atoms with van der Waals surface area (Å²) in [6, 6.07) is 12.0. The van der Waals surface area contributed by atoms with Crippen LogP contribution in [0.1, 0.15) is 0 Å². The number of hydrogen-bond acceptors (Lipinski definition) is 5. The molecular formula is C17H19BrN2O4S. The van der Waals surface area contributed by atoms with Crippen LogP contribution in [0, 0.1) is 0 Å². The summed E-state index contributed by atoms with van der Waals surface area (Å²) in [5.74, 6) is 0.577. The number of nitrogens with one attached hydrogen (secondary N) is 1. The van der Waals surface area contributed by atoms with Crippen LogP contribution >= 0.6 is 15.9 Å². The van der Waals surface area contributed by atoms with E-state index < -0.39 is 10.0 Å². The van der Waals surface area contributed by atoms with Gasteiger partial charge in [0, 0.05) is 13.1 Å². The second-order valence-electron chi connectivity index (χ2n) is 5.52. The average Bonchev–Trinajstić information content (AvgIpc) is 2.62. The molecule has 1 aliphatic rings. The van der Waals surface area contributed by atoms with Gasteiger partial charge in [0.1, 0.15) is 5.75 Å². The largest absolute Gasteiger partial charge is 0.496 e. The maximum atomic E-state index is 12.8. The molecule has 2 aromatic carbocycles. The van der Waals surface area contributed by atoms with Gasteiger partial charge < -0.3 is 14.4 Å². The van der Waals surface area contributed by atoms with Crippen LogP contribution in [0.25, 0.3) is 0 Å². The predicted octanol–water partition coefficient (Wildman–Crippen LogP) is 3.10. The third-order valence-electron chi connectivity index (χ3n) is 3.93. The Labute approximate surface area is 155 Å². The molecule has 6 nitrogen and oxygen atoms in total. The van der Waals surface area contributed by atoms with Gasteiger partial charge in [0.05, 0.1) is 41.1 Å². The number of para-hydroxylation sites is 2. The van der Waals surface area contributed by atoms with E-state index in [0.29, 0.717) is 29.1 Å². The zero-order chi connectivity index (χ0) is 17.9. The summed E-state index contributed by atoms with van der Waals surface area (Å²) in [7, 11) is -2.18. The highest BCUT2D eigenvalue weighted by atomic mass is 79.9. The highest BCUT2D eigenvalue weighted by Crippen LogP contribution is 2.31. The Balaban J connectivity index is 1.90. The van der Waals surface area contributed by atoms with Crippen molar-refractivity contribution in [2.45, 2.75) is 4.90 Å². The number of methoxy groups -OCH3 is 1. The Morgan fingerprint density at radius 1 is 1.16 bits per heavy atom. The van der Waals surface area contributed by atoms with Crippen LogP contribution in [-0.2, 0) is 14.8 Å². The number of anilines is 2. The van der Waals surface area contributed by atoms with Crippen molar-refractivity contribution in [3.63, 3.8) is 0 Å². The standard InChI is InChI=1S/C17H19BrN2O4S/c1-23-17-7-6-13(12-14(17)18)25(21,22)19-15-4-2-3-5-16(15)20-8-10-24-11-9-20/h2-7,12,19H,8-11H2,1H3. The van der Waals surface area contributed by atoms with Crippen molar-refractivity contribution >= 4 is 37.3 Å². The third-order valence-corrected chi connectivity index (χ3v) is 5.92. The fraction of sp³-hybridized carbons (Fsp3) is 0.294. The number of rotatable bonds is 5. The molecule has 134 valence electrons. The van der Waals surface area contributed by atoms with Crippen LogP contribution < -0.4 is 14.4 Å². The van der Waals surface area contributed by atoms with Gasteiger partial charge in [0.15, 0.2) is 0 Å². The normalized spacial score (nSPS) is 15.0. The molecule has 1 saturated heterocycles. The van der Waals surface area contributed by atoms with Crippen LogP contribution in [0.5, 0.6) is 5.75 Å². The smallest absolute Gasteiger partial charge is 0.262 e. The van der Waals surface area contributed by atoms with Crippen molar-refractivity contribution in [1.29, 1.82) is 0 Å². The molecule has 0 spiro atoms. The molecule has 0 amide bonds. The highest BCUT2D eigenvalue weighted by Gasteiger charge is 2.20. The van der Waals surface area contributed by atoms with Gasteiger partial charge in [-0.15, -0.1) is 0 Å². The average molecular weight is 427 g/mol. The lowest BCUT2D eigenvalue weighted by atomic mass is 10.2. The van der Waals surface area contributed by atoms with Gasteiger partial charge in [-0.05, 0) is 46.3 Å². The molecule has 3 rings (SSSR count). The number of nitrogens with zero attached hydrogens (tertiary/aromatic N) is 1. The summed E-state index contributed by atoms with van der Waals surface area (Å²) in [6.07, 6.45) is 0. The fourth-order valence-corrected chi connectivity index (χ4v) is 4.45. The van der Waals surface area contributed by atoms with Crippen molar-refractivity contribution in [1.82, 2.24) is 0 Å². The molecule has 0 radical (unpaired) electrons. The Bertz CT molecular complexity index is 851. The molecule has 0 unspecified atom stereocenters. The summed E-state index contributed by atoms with van der Waals surface area (Å²) in [5.41, 5.74) is 1.40. The number of morpholine rings is 1. The van der Waals surface area contributed by atoms with Gasteiger partial charge in [0.25, 0.3) is 10.0 Å². The molecule has 1 N–H and O–H groups in total. The SMILES string of the molecule is COc1ccc(S(=O)(=O)Nc2ccccc2N2CCOCC2)cc1Br. The zero-order valence-corrected chi connectivity index (χ0v) is 16.1. The number of halogens is 1. The van der Waals surface area contributed by atoms with E-state index in [1.807, 2.05) is 18.2 Å². The second kappa shape index (κ2) is 7.63. The Morgan fingerprint density at radius 3 is 2.56 bits per heavy atom. The maximum absolute atomic E-state index is 12.8. The second-order valence-corrected chi connectivity index (χ2v) is 8.06. The Kier molecular flexibility index (Phi) is 5.51. The molecule has 0 bridgehead atoms. The molecule has 0 atom stereocenters. The number of ether oxygens (including phenoxy) is 2. The summed E-state index contributed by atoms with van der Waals surface area (Å²) in [6.45, 7) is 2.72. The maximum Gasteiger partial charge on any atom is 0.262 e. The first-order valence-electron chi connectivity index (χ1n) is 7.79. The Hall–Kier alpha value is -1.77. The van der Waals surface area contributed by atoms with Crippen molar-refractivity contribution in [3.05, 3.63) is 46.9 Å². The van der Waals surface area contributed by atoms with Crippen LogP contribution in [0.15, 0.2) is 51.8 Å². The molecule has 0 saturated carbocycles. The highest BCUT2D eigenvalue weighted by molar-refractivity contribution is 9.10. The summed E-state index contributed by atoms with van der Waals surface area (Å²) >= 11 is 3.32. The first-order chi connectivity index (χ1) is 12.0. The van der Waals surface area contributed by atoms with E-state index in [-0.39, 0.29) is 4.90 Å². The molecule has 1 fully saturated rings. The van der Waals surface area contributed by atoms with Crippen molar-refractivity contribution in [3.8, 4) is 5.75 Å². The molecule has 8 heteroatoms. The molecular weight excluding hydrogens is 408 g/mol. The van der Waals surface area contributed by atoms with Crippen molar-refractivity contribution in [2.75, 3.05) is 43.0 Å². The number of sulfonamides is 1. The van der Waals surface area contributed by atoms with Crippen LogP contribution in [-0.4, -0.2) is 41.8 Å². The fourth-order valence-electron chi connectivity index (χ4n) is 2.66. The minimum Gasteiger partial charge on any atom is -0.496 e. The van der Waals surface area contributed by atoms with Crippen LogP contribution in [0.2, 0.25) is 0 Å². The van der Waals surface area contributed by atoms with Crippen LogP contribution in [0.3, 0.4) is 0 Å². The van der Waals surface area contributed by atoms with Gasteiger partial charge in [-0.3, -0.25) is 4.72 Å². The summed E-state index contributed by atoms with van der Waals surface area (Å²) < 4.78 is 39.3. The van der Waals surface area contributed by atoms with E-state index >= 15 is 0 Å². The first kappa shape index (κ1) is 18.0. The summed E-state index contributed by atoms with van der Waals surface area (Å²) in [4.78, 5) is 2.28. The molecule has 2 aromatic rings. The topological polar surface area (TPSA) is 67.9 Å².